The molecule has 2 bridgehead atoms. The van der Waals surface area contributed by atoms with Gasteiger partial charge in [0.2, 0.25) is 0 Å². The highest BCUT2D eigenvalue weighted by Crippen LogP contribution is 2.36. The molecule has 1 amide bonds. The van der Waals surface area contributed by atoms with E-state index >= 15 is 0 Å². The standard InChI is InChI=1S/C19H21NO3/c21-18(20-10-15-5-6-16(11-20)19(15)22)12-23-17-8-7-13-3-1-2-4-14(13)9-17/h1-4,7-9,15-16,19,22H,5-6,10-12H2/t15-,16+,19?. The molecule has 3 atom stereocenters. The first-order valence-electron chi connectivity index (χ1n) is 8.28. The lowest BCUT2D eigenvalue weighted by atomic mass is 9.95. The minimum Gasteiger partial charge on any atom is -0.484 e. The maximum Gasteiger partial charge on any atom is 0.260 e. The number of aliphatic hydroxyl groups is 1. The monoisotopic (exact) mass is 311 g/mol. The van der Waals surface area contributed by atoms with Crippen LogP contribution in [0.2, 0.25) is 0 Å². The highest BCUT2D eigenvalue weighted by atomic mass is 16.5. The maximum absolute atomic E-state index is 12.4. The van der Waals surface area contributed by atoms with Gasteiger partial charge in [0.25, 0.3) is 5.91 Å². The fraction of sp³-hybridized carbons (Fsp3) is 0.421. The number of amides is 1. The fourth-order valence-electron chi connectivity index (χ4n) is 3.89. The average Bonchev–Trinajstić information content (AvgIpc) is 2.80. The molecule has 1 unspecified atom stereocenters. The molecule has 2 fully saturated rings. The van der Waals surface area contributed by atoms with Crippen molar-refractivity contribution in [2.45, 2.75) is 18.9 Å². The molecule has 4 rings (SSSR count). The number of ether oxygens (including phenoxy) is 1. The molecule has 0 aromatic heterocycles. The van der Waals surface area contributed by atoms with E-state index in [-0.39, 0.29) is 30.5 Å². The molecule has 1 N–H and O–H groups in total. The van der Waals surface area contributed by atoms with Crippen molar-refractivity contribution < 1.29 is 14.6 Å². The third kappa shape index (κ3) is 2.79. The minimum atomic E-state index is -0.222. The van der Waals surface area contributed by atoms with Crippen LogP contribution < -0.4 is 4.74 Å². The summed E-state index contributed by atoms with van der Waals surface area (Å²) in [7, 11) is 0. The van der Waals surface area contributed by atoms with Gasteiger partial charge in [-0.05, 0) is 35.7 Å². The first-order valence-corrected chi connectivity index (χ1v) is 8.28. The fourth-order valence-corrected chi connectivity index (χ4v) is 3.89. The number of hydrogen-bond acceptors (Lipinski definition) is 3. The number of likely N-dealkylation sites (tertiary alicyclic amines) is 1. The Balaban J connectivity index is 1.39. The first-order chi connectivity index (χ1) is 11.2. The molecule has 2 aromatic carbocycles. The topological polar surface area (TPSA) is 49.8 Å². The largest absolute Gasteiger partial charge is 0.484 e. The van der Waals surface area contributed by atoms with Gasteiger partial charge in [0, 0.05) is 24.9 Å². The van der Waals surface area contributed by atoms with Crippen LogP contribution in [0.25, 0.3) is 10.8 Å². The summed E-state index contributed by atoms with van der Waals surface area (Å²) < 4.78 is 5.69. The highest BCUT2D eigenvalue weighted by molar-refractivity contribution is 5.84. The summed E-state index contributed by atoms with van der Waals surface area (Å²) in [6, 6.07) is 14.0. The molecular weight excluding hydrogens is 290 g/mol. The van der Waals surface area contributed by atoms with Crippen molar-refractivity contribution in [3.63, 3.8) is 0 Å². The van der Waals surface area contributed by atoms with E-state index in [1.165, 1.54) is 0 Å². The molecule has 120 valence electrons. The Labute approximate surface area is 135 Å². The van der Waals surface area contributed by atoms with Crippen molar-refractivity contribution >= 4 is 16.7 Å². The highest BCUT2D eigenvalue weighted by Gasteiger charge is 2.42. The van der Waals surface area contributed by atoms with E-state index in [1.807, 2.05) is 41.3 Å². The van der Waals surface area contributed by atoms with Crippen LogP contribution in [0.15, 0.2) is 42.5 Å². The number of aliphatic hydroxyl groups excluding tert-OH is 1. The van der Waals surface area contributed by atoms with Crippen molar-refractivity contribution in [3.8, 4) is 5.75 Å². The molecule has 23 heavy (non-hydrogen) atoms. The second-order valence-corrected chi connectivity index (χ2v) is 6.68. The second-order valence-electron chi connectivity index (χ2n) is 6.68. The zero-order chi connectivity index (χ0) is 15.8. The minimum absolute atomic E-state index is 0.0157. The second kappa shape index (κ2) is 5.85. The number of piperidine rings is 1. The number of hydrogen-bond donors (Lipinski definition) is 1. The van der Waals surface area contributed by atoms with E-state index in [1.54, 1.807) is 0 Å². The van der Waals surface area contributed by atoms with Crippen molar-refractivity contribution in [2.75, 3.05) is 19.7 Å². The molecule has 2 aliphatic rings. The summed E-state index contributed by atoms with van der Waals surface area (Å²) in [5.74, 6) is 1.23. The van der Waals surface area contributed by atoms with Crippen molar-refractivity contribution in [1.82, 2.24) is 4.90 Å². The molecule has 1 aliphatic carbocycles. The van der Waals surface area contributed by atoms with Gasteiger partial charge >= 0.3 is 0 Å². The Morgan fingerprint density at radius 3 is 2.52 bits per heavy atom. The predicted molar refractivity (Wildman–Crippen MR) is 88.2 cm³/mol. The van der Waals surface area contributed by atoms with E-state index < -0.39 is 0 Å². The van der Waals surface area contributed by atoms with Crippen molar-refractivity contribution in [3.05, 3.63) is 42.5 Å². The van der Waals surface area contributed by atoms with Crippen LogP contribution in [-0.2, 0) is 4.79 Å². The van der Waals surface area contributed by atoms with Crippen LogP contribution in [0.3, 0.4) is 0 Å². The number of carbonyl (C=O) groups excluding carboxylic acids is 1. The maximum atomic E-state index is 12.4. The predicted octanol–water partition coefficient (Wildman–Crippen LogP) is 2.45. The normalized spacial score (nSPS) is 26.5. The van der Waals surface area contributed by atoms with E-state index in [9.17, 15) is 9.90 Å². The quantitative estimate of drug-likeness (QED) is 0.947. The third-order valence-electron chi connectivity index (χ3n) is 5.22. The molecule has 4 nitrogen and oxygen atoms in total. The molecule has 4 heteroatoms. The number of rotatable bonds is 3. The van der Waals surface area contributed by atoms with Crippen LogP contribution in [0.4, 0.5) is 0 Å². The van der Waals surface area contributed by atoms with Gasteiger partial charge in [-0.3, -0.25) is 4.79 Å². The molecule has 2 aromatic rings. The average molecular weight is 311 g/mol. The van der Waals surface area contributed by atoms with Gasteiger partial charge in [0.15, 0.2) is 6.61 Å². The number of fused-ring (bicyclic) bond motifs is 3. The SMILES string of the molecule is O=C(COc1ccc2ccccc2c1)N1C[C@H]2CC[C@@H](C1)C2O. The number of nitrogens with zero attached hydrogens (tertiary/aromatic N) is 1. The Kier molecular flexibility index (Phi) is 3.69. The van der Waals surface area contributed by atoms with E-state index in [0.717, 1.165) is 29.4 Å². The zero-order valence-electron chi connectivity index (χ0n) is 13.0. The number of benzene rings is 2. The number of carbonyl (C=O) groups is 1. The Morgan fingerprint density at radius 1 is 1.09 bits per heavy atom. The van der Waals surface area contributed by atoms with Crippen molar-refractivity contribution in [2.24, 2.45) is 11.8 Å². The van der Waals surface area contributed by atoms with Crippen molar-refractivity contribution in [1.29, 1.82) is 0 Å². The molecular formula is C19H21NO3. The van der Waals surface area contributed by atoms with Crippen LogP contribution in [0, 0.1) is 11.8 Å². The Hall–Kier alpha value is -2.07. The molecule has 0 radical (unpaired) electrons. The Bertz CT molecular complexity index is 715. The van der Waals surface area contributed by atoms with Gasteiger partial charge in [0.05, 0.1) is 6.10 Å². The molecule has 1 saturated carbocycles. The lowest BCUT2D eigenvalue weighted by Gasteiger charge is -2.35. The van der Waals surface area contributed by atoms with Gasteiger partial charge in [-0.2, -0.15) is 0 Å². The first kappa shape index (κ1) is 14.5. The van der Waals surface area contributed by atoms with E-state index in [0.29, 0.717) is 13.1 Å². The molecule has 1 saturated heterocycles. The molecule has 1 heterocycles. The lowest BCUT2D eigenvalue weighted by molar-refractivity contribution is -0.137. The van der Waals surface area contributed by atoms with Gasteiger partial charge in [-0.1, -0.05) is 30.3 Å². The zero-order valence-corrected chi connectivity index (χ0v) is 13.0. The molecule has 0 spiro atoms. The van der Waals surface area contributed by atoms with E-state index in [4.69, 9.17) is 4.74 Å². The lowest BCUT2D eigenvalue weighted by Crippen LogP contribution is -2.48. The van der Waals surface area contributed by atoms with Gasteiger partial charge in [-0.25, -0.2) is 0 Å². The Morgan fingerprint density at radius 2 is 1.78 bits per heavy atom. The summed E-state index contributed by atoms with van der Waals surface area (Å²) >= 11 is 0. The summed E-state index contributed by atoms with van der Waals surface area (Å²) in [6.07, 6.45) is 1.84. The summed E-state index contributed by atoms with van der Waals surface area (Å²) in [5.41, 5.74) is 0. The van der Waals surface area contributed by atoms with Crippen LogP contribution in [0.1, 0.15) is 12.8 Å². The smallest absolute Gasteiger partial charge is 0.260 e. The molecule has 1 aliphatic heterocycles. The van der Waals surface area contributed by atoms with Crippen LogP contribution >= 0.6 is 0 Å². The third-order valence-corrected chi connectivity index (χ3v) is 5.22. The summed E-state index contributed by atoms with van der Waals surface area (Å²) in [5, 5.41) is 12.3. The van der Waals surface area contributed by atoms with Gasteiger partial charge in [-0.15, -0.1) is 0 Å². The van der Waals surface area contributed by atoms with Crippen LogP contribution in [-0.4, -0.2) is 41.7 Å². The van der Waals surface area contributed by atoms with Gasteiger partial charge < -0.3 is 14.7 Å². The summed E-state index contributed by atoms with van der Waals surface area (Å²) in [4.78, 5) is 14.2. The van der Waals surface area contributed by atoms with Crippen LogP contribution in [0.5, 0.6) is 5.75 Å². The summed E-state index contributed by atoms with van der Waals surface area (Å²) in [6.45, 7) is 1.39. The van der Waals surface area contributed by atoms with E-state index in [2.05, 4.69) is 6.07 Å². The van der Waals surface area contributed by atoms with Gasteiger partial charge in [0.1, 0.15) is 5.75 Å².